The van der Waals surface area contributed by atoms with E-state index in [9.17, 15) is 25.9 Å². The number of anilines is 1. The van der Waals surface area contributed by atoms with Crippen LogP contribution in [-0.4, -0.2) is 43.5 Å². The predicted molar refractivity (Wildman–Crippen MR) is 171 cm³/mol. The van der Waals surface area contributed by atoms with E-state index in [-0.39, 0.29) is 25.9 Å². The fourth-order valence-corrected chi connectivity index (χ4v) is 6.12. The minimum Gasteiger partial charge on any atom is -0.748 e. The number of halogens is 1. The summed E-state index contributed by atoms with van der Waals surface area (Å²) in [7, 11) is -8.87. The Morgan fingerprint density at radius 3 is 2.47 bits per heavy atom. The molecule has 45 heavy (non-hydrogen) atoms. The van der Waals surface area contributed by atoms with Crippen LogP contribution in [0.25, 0.3) is 28.3 Å². The SMILES string of the molecule is CCC(/C=C1\Oc2ccc(Cl)cc2N1CCCS(=O)(=O)[O-])=C\c1oc2ccc(-c3ccccc3)cc2[n+]1CCC(C)S(=O)(=O)[O-]. The van der Waals surface area contributed by atoms with Crippen LogP contribution < -0.4 is 14.2 Å². The summed E-state index contributed by atoms with van der Waals surface area (Å²) < 4.78 is 83.1. The molecule has 5 rings (SSSR count). The molecule has 0 spiro atoms. The van der Waals surface area contributed by atoms with Crippen molar-refractivity contribution in [2.75, 3.05) is 17.2 Å². The number of aryl methyl sites for hydroxylation is 1. The first-order valence-corrected chi connectivity index (χ1v) is 17.8. The molecule has 2 heterocycles. The Morgan fingerprint density at radius 1 is 1.02 bits per heavy atom. The van der Waals surface area contributed by atoms with Crippen LogP contribution in [0.2, 0.25) is 5.02 Å². The van der Waals surface area contributed by atoms with Crippen LogP contribution in [0.4, 0.5) is 5.69 Å². The fourth-order valence-electron chi connectivity index (χ4n) is 5.08. The molecule has 1 aliphatic rings. The molecule has 1 aliphatic heterocycles. The van der Waals surface area contributed by atoms with Gasteiger partial charge in [-0.1, -0.05) is 54.9 Å². The van der Waals surface area contributed by atoms with Crippen LogP contribution in [-0.2, 0) is 26.8 Å². The number of nitrogens with zero attached hydrogens (tertiary/aromatic N) is 2. The smallest absolute Gasteiger partial charge is 0.374 e. The van der Waals surface area contributed by atoms with Gasteiger partial charge in [0.05, 0.1) is 37.2 Å². The molecule has 10 nitrogen and oxygen atoms in total. The van der Waals surface area contributed by atoms with E-state index in [1.807, 2.05) is 66.1 Å². The highest BCUT2D eigenvalue weighted by atomic mass is 35.5. The minimum atomic E-state index is -4.48. The van der Waals surface area contributed by atoms with Crippen molar-refractivity contribution in [1.82, 2.24) is 0 Å². The summed E-state index contributed by atoms with van der Waals surface area (Å²) in [6.07, 6.45) is 4.34. The van der Waals surface area contributed by atoms with E-state index in [1.54, 1.807) is 29.2 Å². The molecule has 13 heteroatoms. The molecule has 3 aromatic carbocycles. The van der Waals surface area contributed by atoms with E-state index in [0.717, 1.165) is 22.2 Å². The lowest BCUT2D eigenvalue weighted by molar-refractivity contribution is -0.678. The Morgan fingerprint density at radius 2 is 1.78 bits per heavy atom. The van der Waals surface area contributed by atoms with Crippen molar-refractivity contribution in [3.05, 3.63) is 95.2 Å². The maximum atomic E-state index is 11.7. The van der Waals surface area contributed by atoms with Crippen LogP contribution in [0.1, 0.15) is 39.0 Å². The lowest BCUT2D eigenvalue weighted by atomic mass is 10.1. The van der Waals surface area contributed by atoms with E-state index >= 15 is 0 Å². The van der Waals surface area contributed by atoms with Crippen molar-refractivity contribution in [3.8, 4) is 16.9 Å². The van der Waals surface area contributed by atoms with Gasteiger partial charge in [0.1, 0.15) is 0 Å². The van der Waals surface area contributed by atoms with E-state index in [0.29, 0.717) is 40.2 Å². The molecule has 0 amide bonds. The molecule has 1 unspecified atom stereocenters. The molecule has 1 atom stereocenters. The first-order chi connectivity index (χ1) is 21.3. The van der Waals surface area contributed by atoms with Crippen molar-refractivity contribution in [1.29, 1.82) is 0 Å². The third-order valence-electron chi connectivity index (χ3n) is 7.58. The van der Waals surface area contributed by atoms with Crippen molar-refractivity contribution in [2.24, 2.45) is 0 Å². The Hall–Kier alpha value is -3.68. The van der Waals surface area contributed by atoms with Crippen LogP contribution >= 0.6 is 11.6 Å². The van der Waals surface area contributed by atoms with Gasteiger partial charge in [0.2, 0.25) is 11.5 Å². The monoisotopic (exact) mass is 671 g/mol. The maximum Gasteiger partial charge on any atom is 0.374 e. The second-order valence-electron chi connectivity index (χ2n) is 10.8. The second-order valence-corrected chi connectivity index (χ2v) is 14.5. The molecule has 0 bridgehead atoms. The number of oxazole rings is 1. The van der Waals surface area contributed by atoms with Gasteiger partial charge in [0.25, 0.3) is 5.52 Å². The zero-order valence-corrected chi connectivity index (χ0v) is 27.1. The van der Waals surface area contributed by atoms with Gasteiger partial charge < -0.3 is 23.2 Å². The first-order valence-electron chi connectivity index (χ1n) is 14.4. The highest BCUT2D eigenvalue weighted by molar-refractivity contribution is 7.86. The Bertz CT molecular complexity index is 1990. The number of rotatable bonds is 12. The summed E-state index contributed by atoms with van der Waals surface area (Å²) in [5, 5.41) is -0.626. The molecule has 0 fully saturated rings. The molecule has 0 saturated carbocycles. The predicted octanol–water partition coefficient (Wildman–Crippen LogP) is 5.83. The molecular weight excluding hydrogens is 640 g/mol. The number of ether oxygens (including phenoxy) is 1. The molecular formula is C32H32ClN2O8S2-. The van der Waals surface area contributed by atoms with Gasteiger partial charge in [-0.25, -0.2) is 16.8 Å². The molecule has 0 N–H and O–H groups in total. The fraction of sp³-hybridized carbons (Fsp3) is 0.281. The Labute approximate surface area is 267 Å². The van der Waals surface area contributed by atoms with Gasteiger partial charge in [0, 0.05) is 35.9 Å². The molecule has 0 aliphatic carbocycles. The van der Waals surface area contributed by atoms with Gasteiger partial charge in [-0.05, 0) is 60.7 Å². The van der Waals surface area contributed by atoms with Crippen molar-refractivity contribution >= 4 is 54.7 Å². The van der Waals surface area contributed by atoms with E-state index in [1.165, 1.54) is 6.92 Å². The number of allylic oxidation sites excluding steroid dienone is 2. The Kier molecular flexibility index (Phi) is 9.71. The molecule has 238 valence electrons. The number of aromatic nitrogens is 1. The molecule has 1 aromatic heterocycles. The lowest BCUT2D eigenvalue weighted by Gasteiger charge is -2.19. The molecule has 0 saturated heterocycles. The van der Waals surface area contributed by atoms with E-state index in [4.69, 9.17) is 20.8 Å². The quantitative estimate of drug-likeness (QED) is 0.134. The number of benzene rings is 3. The summed E-state index contributed by atoms with van der Waals surface area (Å²) in [5.41, 5.74) is 4.70. The summed E-state index contributed by atoms with van der Waals surface area (Å²) in [6.45, 7) is 3.75. The normalized spacial score (nSPS) is 15.4. The van der Waals surface area contributed by atoms with Gasteiger partial charge in [-0.2, -0.15) is 4.57 Å². The average molecular weight is 672 g/mol. The van der Waals surface area contributed by atoms with Gasteiger partial charge in [-0.3, -0.25) is 0 Å². The van der Waals surface area contributed by atoms with Gasteiger partial charge >= 0.3 is 5.89 Å². The molecule has 0 radical (unpaired) electrons. The standard InChI is InChI=1S/C32H33ClN2O8S2/c1-3-23(18-31-34(15-7-17-44(36,37)38)28-21-26(33)11-13-30(28)43-31)19-32-35(16-14-22(2)45(39,40)41)27-20-25(10-12-29(27)42-32)24-8-5-4-6-9-24/h4-6,8-13,18-22H,3,7,14-17H2,1-2H3,(H-,36,37,38,39,40,41)/p-1. The Balaban J connectivity index is 1.55. The van der Waals surface area contributed by atoms with E-state index < -0.39 is 31.2 Å². The van der Waals surface area contributed by atoms with Gasteiger partial charge in [-0.15, -0.1) is 0 Å². The minimum absolute atomic E-state index is 0.0811. The van der Waals surface area contributed by atoms with Crippen LogP contribution in [0.15, 0.2) is 88.7 Å². The van der Waals surface area contributed by atoms with Crippen LogP contribution in [0.5, 0.6) is 5.75 Å². The zero-order chi connectivity index (χ0) is 32.4. The number of hydrogen-bond acceptors (Lipinski definition) is 9. The third-order valence-corrected chi connectivity index (χ3v) is 9.83. The number of fused-ring (bicyclic) bond motifs is 2. The molecule has 4 aromatic rings. The number of hydrogen-bond donors (Lipinski definition) is 0. The van der Waals surface area contributed by atoms with Crippen molar-refractivity contribution < 1.29 is 39.7 Å². The summed E-state index contributed by atoms with van der Waals surface area (Å²) in [6, 6.07) is 20.7. The average Bonchev–Trinajstić information content (AvgIpc) is 3.50. The topological polar surface area (TPSA) is 144 Å². The first kappa shape index (κ1) is 32.7. The van der Waals surface area contributed by atoms with Crippen LogP contribution in [0.3, 0.4) is 0 Å². The van der Waals surface area contributed by atoms with Crippen LogP contribution in [0, 0.1) is 0 Å². The summed E-state index contributed by atoms with van der Waals surface area (Å²) in [4.78, 5) is 1.77. The highest BCUT2D eigenvalue weighted by Gasteiger charge is 2.28. The second kappa shape index (κ2) is 13.4. The maximum absolute atomic E-state index is 11.7. The van der Waals surface area contributed by atoms with E-state index in [2.05, 4.69) is 0 Å². The zero-order valence-electron chi connectivity index (χ0n) is 24.7. The lowest BCUT2D eigenvalue weighted by Crippen LogP contribution is -2.37. The van der Waals surface area contributed by atoms with Crippen molar-refractivity contribution in [3.63, 3.8) is 0 Å². The van der Waals surface area contributed by atoms with Crippen molar-refractivity contribution in [2.45, 2.75) is 44.9 Å². The van der Waals surface area contributed by atoms with Gasteiger partial charge in [0.15, 0.2) is 12.3 Å². The summed E-state index contributed by atoms with van der Waals surface area (Å²) >= 11 is 6.24. The largest absolute Gasteiger partial charge is 0.748 e. The summed E-state index contributed by atoms with van der Waals surface area (Å²) in [5.74, 6) is 0.877. The third kappa shape index (κ3) is 7.95. The highest BCUT2D eigenvalue weighted by Crippen LogP contribution is 2.41.